The van der Waals surface area contributed by atoms with Crippen molar-refractivity contribution in [3.8, 4) is 0 Å². The lowest BCUT2D eigenvalue weighted by Crippen LogP contribution is -2.36. The number of rotatable bonds is 8. The maximum absolute atomic E-state index is 13.1. The Morgan fingerprint density at radius 2 is 1.92 bits per heavy atom. The van der Waals surface area contributed by atoms with E-state index in [1.54, 1.807) is 16.8 Å². The van der Waals surface area contributed by atoms with Crippen molar-refractivity contribution in [3.63, 3.8) is 0 Å². The van der Waals surface area contributed by atoms with Crippen LogP contribution in [0.1, 0.15) is 18.4 Å². The van der Waals surface area contributed by atoms with E-state index in [4.69, 9.17) is 4.74 Å². The third-order valence-corrected chi connectivity index (χ3v) is 7.73. The van der Waals surface area contributed by atoms with Crippen LogP contribution in [0.15, 0.2) is 58.0 Å². The highest BCUT2D eigenvalue weighted by Gasteiger charge is 2.36. The number of hydrogen-bond donors (Lipinski definition) is 2. The summed E-state index contributed by atoms with van der Waals surface area (Å²) in [7, 11) is 0. The fraction of sp³-hybridized carbons (Fsp3) is 0.259. The van der Waals surface area contributed by atoms with Crippen LogP contribution in [0.5, 0.6) is 0 Å². The SMILES string of the molecule is O=C(Cn1cc(/C=C2\SC(=O)N(CC(=O)Nc3ccc(F)cc3)C2=O)c2cc(Br)ccc21)NC[C@H]1CCCO1. The van der Waals surface area contributed by atoms with Crippen LogP contribution in [-0.2, 0) is 25.7 Å². The van der Waals surface area contributed by atoms with Crippen molar-refractivity contribution in [2.45, 2.75) is 25.5 Å². The molecular weight excluding hydrogens is 591 g/mol. The Morgan fingerprint density at radius 1 is 1.13 bits per heavy atom. The molecule has 9 nitrogen and oxygen atoms in total. The molecule has 1 atom stereocenters. The standard InChI is InChI=1S/C27H24BrFN4O5S/c28-17-3-8-22-21(11-17)16(13-32(22)14-24(34)30-12-20-2-1-9-38-20)10-23-26(36)33(27(37)39-23)15-25(35)31-19-6-4-18(29)5-7-19/h3-8,10-11,13,20H,1-2,9,12,14-15H2,(H,30,34)(H,31,35)/b23-10-/t20-/m1/s1. The minimum absolute atomic E-state index is 0.0373. The van der Waals surface area contributed by atoms with Gasteiger partial charge in [0.1, 0.15) is 18.9 Å². The van der Waals surface area contributed by atoms with Gasteiger partial charge >= 0.3 is 0 Å². The number of anilines is 1. The highest BCUT2D eigenvalue weighted by molar-refractivity contribution is 9.10. The summed E-state index contributed by atoms with van der Waals surface area (Å²) < 4.78 is 21.3. The fourth-order valence-electron chi connectivity index (χ4n) is 4.44. The van der Waals surface area contributed by atoms with E-state index in [1.165, 1.54) is 24.3 Å². The zero-order valence-electron chi connectivity index (χ0n) is 20.6. The topological polar surface area (TPSA) is 110 Å². The van der Waals surface area contributed by atoms with E-state index in [9.17, 15) is 23.6 Å². The molecule has 12 heteroatoms. The fourth-order valence-corrected chi connectivity index (χ4v) is 5.63. The Balaban J connectivity index is 1.31. The molecule has 5 rings (SSSR count). The van der Waals surface area contributed by atoms with Crippen LogP contribution in [0.4, 0.5) is 14.9 Å². The van der Waals surface area contributed by atoms with Gasteiger partial charge in [0.15, 0.2) is 0 Å². The zero-order valence-corrected chi connectivity index (χ0v) is 23.0. The summed E-state index contributed by atoms with van der Waals surface area (Å²) in [5.41, 5.74) is 1.79. The Morgan fingerprint density at radius 3 is 2.67 bits per heavy atom. The summed E-state index contributed by atoms with van der Waals surface area (Å²) in [5, 5.41) is 5.68. The molecule has 0 unspecified atom stereocenters. The van der Waals surface area contributed by atoms with Crippen LogP contribution in [0.3, 0.4) is 0 Å². The summed E-state index contributed by atoms with van der Waals surface area (Å²) >= 11 is 4.21. The van der Waals surface area contributed by atoms with Crippen molar-refractivity contribution in [1.82, 2.24) is 14.8 Å². The second-order valence-electron chi connectivity index (χ2n) is 9.14. The molecule has 2 aliphatic heterocycles. The molecule has 3 aromatic rings. The van der Waals surface area contributed by atoms with Crippen molar-refractivity contribution < 1.29 is 28.3 Å². The molecule has 4 amide bonds. The van der Waals surface area contributed by atoms with Gasteiger partial charge in [-0.15, -0.1) is 0 Å². The Bertz CT molecular complexity index is 1480. The molecular formula is C27H24BrFN4O5S. The number of carbonyl (C=O) groups is 4. The lowest BCUT2D eigenvalue weighted by Gasteiger charge is -2.12. The van der Waals surface area contributed by atoms with Gasteiger partial charge in [-0.25, -0.2) is 4.39 Å². The Hall–Kier alpha value is -3.48. The van der Waals surface area contributed by atoms with Crippen LogP contribution in [0.25, 0.3) is 17.0 Å². The third kappa shape index (κ3) is 6.40. The molecule has 2 saturated heterocycles. The molecule has 2 aliphatic rings. The number of nitrogens with one attached hydrogen (secondary N) is 2. The maximum atomic E-state index is 13.1. The average molecular weight is 615 g/mol. The molecule has 3 heterocycles. The first-order chi connectivity index (χ1) is 18.8. The zero-order chi connectivity index (χ0) is 27.5. The van der Waals surface area contributed by atoms with Gasteiger partial charge in [-0.1, -0.05) is 15.9 Å². The molecule has 0 aliphatic carbocycles. The largest absolute Gasteiger partial charge is 0.376 e. The van der Waals surface area contributed by atoms with E-state index in [2.05, 4.69) is 26.6 Å². The highest BCUT2D eigenvalue weighted by atomic mass is 79.9. The van der Waals surface area contributed by atoms with E-state index in [1.807, 2.05) is 18.2 Å². The number of fused-ring (bicyclic) bond motifs is 1. The van der Waals surface area contributed by atoms with Crippen LogP contribution in [-0.4, -0.2) is 58.2 Å². The predicted octanol–water partition coefficient (Wildman–Crippen LogP) is 4.51. The number of ether oxygens (including phenoxy) is 1. The molecule has 2 N–H and O–H groups in total. The van der Waals surface area contributed by atoms with Gasteiger partial charge in [0.05, 0.1) is 11.0 Å². The summed E-state index contributed by atoms with van der Waals surface area (Å²) in [6.45, 7) is 0.769. The summed E-state index contributed by atoms with van der Waals surface area (Å²) in [4.78, 5) is 51.7. The average Bonchev–Trinajstić information content (AvgIpc) is 3.60. The van der Waals surface area contributed by atoms with E-state index in [0.29, 0.717) is 24.4 Å². The Labute approximate surface area is 235 Å². The molecule has 0 bridgehead atoms. The molecule has 0 radical (unpaired) electrons. The molecule has 2 aromatic carbocycles. The van der Waals surface area contributed by atoms with Crippen molar-refractivity contribution in [2.24, 2.45) is 0 Å². The number of imide groups is 1. The molecule has 202 valence electrons. The lowest BCUT2D eigenvalue weighted by atomic mass is 10.1. The number of amides is 4. The van der Waals surface area contributed by atoms with Gasteiger partial charge in [-0.2, -0.15) is 0 Å². The molecule has 2 fully saturated rings. The van der Waals surface area contributed by atoms with Crippen molar-refractivity contribution in [3.05, 3.63) is 69.4 Å². The number of hydrogen-bond acceptors (Lipinski definition) is 6. The van der Waals surface area contributed by atoms with Crippen molar-refractivity contribution in [2.75, 3.05) is 25.0 Å². The van der Waals surface area contributed by atoms with Crippen LogP contribution in [0.2, 0.25) is 0 Å². The number of benzene rings is 2. The highest BCUT2D eigenvalue weighted by Crippen LogP contribution is 2.34. The predicted molar refractivity (Wildman–Crippen MR) is 149 cm³/mol. The van der Waals surface area contributed by atoms with Crippen molar-refractivity contribution in [1.29, 1.82) is 0 Å². The number of halogens is 2. The van der Waals surface area contributed by atoms with Gasteiger partial charge in [0, 0.05) is 46.0 Å². The van der Waals surface area contributed by atoms with Gasteiger partial charge in [-0.05, 0) is 73.1 Å². The molecule has 1 aromatic heterocycles. The lowest BCUT2D eigenvalue weighted by molar-refractivity contribution is -0.127. The van der Waals surface area contributed by atoms with Gasteiger partial charge in [-0.3, -0.25) is 24.1 Å². The van der Waals surface area contributed by atoms with Gasteiger partial charge < -0.3 is 19.9 Å². The molecule has 0 spiro atoms. The third-order valence-electron chi connectivity index (χ3n) is 6.33. The monoisotopic (exact) mass is 614 g/mol. The summed E-state index contributed by atoms with van der Waals surface area (Å²) in [5.74, 6) is -1.79. The smallest absolute Gasteiger partial charge is 0.294 e. The van der Waals surface area contributed by atoms with E-state index >= 15 is 0 Å². The van der Waals surface area contributed by atoms with Gasteiger partial charge in [0.2, 0.25) is 11.8 Å². The van der Waals surface area contributed by atoms with Crippen LogP contribution >= 0.6 is 27.7 Å². The van der Waals surface area contributed by atoms with Crippen LogP contribution in [0, 0.1) is 5.82 Å². The second-order valence-corrected chi connectivity index (χ2v) is 11.0. The molecule has 39 heavy (non-hydrogen) atoms. The molecule has 0 saturated carbocycles. The first-order valence-corrected chi connectivity index (χ1v) is 13.9. The number of thioether (sulfide) groups is 1. The summed E-state index contributed by atoms with van der Waals surface area (Å²) in [6, 6.07) is 10.8. The summed E-state index contributed by atoms with van der Waals surface area (Å²) in [6.07, 6.45) is 5.31. The number of aromatic nitrogens is 1. The minimum atomic E-state index is -0.593. The quantitative estimate of drug-likeness (QED) is 0.361. The second kappa shape index (κ2) is 11.7. The van der Waals surface area contributed by atoms with E-state index in [-0.39, 0.29) is 23.5 Å². The normalized spacial score (nSPS) is 18.4. The van der Waals surface area contributed by atoms with E-state index < -0.39 is 29.4 Å². The number of carbonyl (C=O) groups excluding carboxylic acids is 4. The Kier molecular flexibility index (Phi) is 8.15. The minimum Gasteiger partial charge on any atom is -0.376 e. The van der Waals surface area contributed by atoms with Gasteiger partial charge in [0.25, 0.3) is 11.1 Å². The van der Waals surface area contributed by atoms with Crippen molar-refractivity contribution >= 4 is 73.3 Å². The van der Waals surface area contributed by atoms with Crippen LogP contribution < -0.4 is 10.6 Å². The number of nitrogens with zero attached hydrogens (tertiary/aromatic N) is 2. The first-order valence-electron chi connectivity index (χ1n) is 12.2. The van der Waals surface area contributed by atoms with E-state index in [0.717, 1.165) is 44.9 Å². The first kappa shape index (κ1) is 27.1. The maximum Gasteiger partial charge on any atom is 0.294 e.